The minimum atomic E-state index is -0.0577. The van der Waals surface area contributed by atoms with E-state index in [1.165, 1.54) is 5.56 Å². The Morgan fingerprint density at radius 2 is 1.85 bits per heavy atom. The van der Waals surface area contributed by atoms with Gasteiger partial charge in [0.25, 0.3) is 0 Å². The summed E-state index contributed by atoms with van der Waals surface area (Å²) >= 11 is 1.69. The van der Waals surface area contributed by atoms with Gasteiger partial charge < -0.3 is 9.80 Å². The van der Waals surface area contributed by atoms with Gasteiger partial charge in [0.15, 0.2) is 0 Å². The molecule has 5 heteroatoms. The molecule has 2 aliphatic rings. The van der Waals surface area contributed by atoms with Crippen molar-refractivity contribution in [3.05, 3.63) is 58.3 Å². The molecule has 2 amide bonds. The lowest BCUT2D eigenvalue weighted by atomic mass is 9.95. The van der Waals surface area contributed by atoms with Crippen molar-refractivity contribution >= 4 is 23.2 Å². The molecular formula is C22H26N2O2S. The third kappa shape index (κ3) is 4.08. The number of piperidine rings is 1. The molecule has 2 atom stereocenters. The van der Waals surface area contributed by atoms with E-state index < -0.39 is 0 Å². The number of benzene rings is 1. The lowest BCUT2D eigenvalue weighted by molar-refractivity contribution is -0.141. The summed E-state index contributed by atoms with van der Waals surface area (Å²) < 4.78 is 0. The SMILES string of the molecule is O=C(Cc1ccccc1)N1CCCC(C(=O)N2CCCC2c2ccsc2)C1. The molecule has 2 aliphatic heterocycles. The molecule has 0 spiro atoms. The Morgan fingerprint density at radius 1 is 1.04 bits per heavy atom. The Hall–Kier alpha value is -2.14. The smallest absolute Gasteiger partial charge is 0.227 e. The fourth-order valence-electron chi connectivity index (χ4n) is 4.36. The number of rotatable bonds is 4. The maximum Gasteiger partial charge on any atom is 0.227 e. The van der Waals surface area contributed by atoms with Gasteiger partial charge in [-0.3, -0.25) is 9.59 Å². The van der Waals surface area contributed by atoms with Gasteiger partial charge in [-0.05, 0) is 53.6 Å². The average molecular weight is 383 g/mol. The molecule has 2 fully saturated rings. The normalized spacial score (nSPS) is 22.8. The lowest BCUT2D eigenvalue weighted by Gasteiger charge is -2.35. The number of hydrogen-bond donors (Lipinski definition) is 0. The highest BCUT2D eigenvalue weighted by atomic mass is 32.1. The first-order valence-corrected chi connectivity index (χ1v) is 10.8. The van der Waals surface area contributed by atoms with Crippen LogP contribution in [-0.2, 0) is 16.0 Å². The predicted molar refractivity (Wildman–Crippen MR) is 107 cm³/mol. The van der Waals surface area contributed by atoms with E-state index in [1.807, 2.05) is 35.2 Å². The molecule has 4 rings (SSSR count). The Labute approximate surface area is 164 Å². The first-order chi connectivity index (χ1) is 13.2. The van der Waals surface area contributed by atoms with E-state index in [0.29, 0.717) is 13.0 Å². The van der Waals surface area contributed by atoms with Crippen LogP contribution in [0.5, 0.6) is 0 Å². The average Bonchev–Trinajstić information content (AvgIpc) is 3.39. The highest BCUT2D eigenvalue weighted by molar-refractivity contribution is 7.08. The number of likely N-dealkylation sites (tertiary alicyclic amines) is 2. The number of hydrogen-bond acceptors (Lipinski definition) is 3. The molecule has 3 heterocycles. The van der Waals surface area contributed by atoms with Crippen LogP contribution in [-0.4, -0.2) is 41.2 Å². The Bertz CT molecular complexity index is 775. The monoisotopic (exact) mass is 382 g/mol. The molecule has 0 saturated carbocycles. The number of nitrogens with zero attached hydrogens (tertiary/aromatic N) is 2. The molecule has 1 aromatic carbocycles. The van der Waals surface area contributed by atoms with Crippen molar-refractivity contribution in [2.24, 2.45) is 5.92 Å². The van der Waals surface area contributed by atoms with Crippen molar-refractivity contribution < 1.29 is 9.59 Å². The minimum Gasteiger partial charge on any atom is -0.342 e. The maximum absolute atomic E-state index is 13.2. The fourth-order valence-corrected chi connectivity index (χ4v) is 5.07. The number of amides is 2. The second-order valence-electron chi connectivity index (χ2n) is 7.59. The summed E-state index contributed by atoms with van der Waals surface area (Å²) in [5.41, 5.74) is 2.30. The standard InChI is InChI=1S/C22H26N2O2S/c25-21(14-17-6-2-1-3-7-17)23-11-4-8-18(15-23)22(26)24-12-5-9-20(24)19-10-13-27-16-19/h1-3,6-7,10,13,16,18,20H,4-5,8-9,11-12,14-15H2. The maximum atomic E-state index is 13.2. The Kier molecular flexibility index (Phi) is 5.58. The van der Waals surface area contributed by atoms with E-state index in [9.17, 15) is 9.59 Å². The quantitative estimate of drug-likeness (QED) is 0.805. The van der Waals surface area contributed by atoms with Crippen molar-refractivity contribution in [2.75, 3.05) is 19.6 Å². The highest BCUT2D eigenvalue weighted by Gasteiger charge is 2.36. The largest absolute Gasteiger partial charge is 0.342 e. The Morgan fingerprint density at radius 3 is 2.63 bits per heavy atom. The molecule has 2 aromatic rings. The van der Waals surface area contributed by atoms with Crippen molar-refractivity contribution in [1.82, 2.24) is 9.80 Å². The molecule has 0 radical (unpaired) electrons. The first kappa shape index (κ1) is 18.2. The lowest BCUT2D eigenvalue weighted by Crippen LogP contribution is -2.47. The number of carbonyl (C=O) groups excluding carboxylic acids is 2. The summed E-state index contributed by atoms with van der Waals surface area (Å²) in [6.07, 6.45) is 4.33. The fraction of sp³-hybridized carbons (Fsp3) is 0.455. The van der Waals surface area contributed by atoms with E-state index in [4.69, 9.17) is 0 Å². The van der Waals surface area contributed by atoms with Crippen LogP contribution in [0.4, 0.5) is 0 Å². The van der Waals surface area contributed by atoms with Crippen LogP contribution >= 0.6 is 11.3 Å². The second-order valence-corrected chi connectivity index (χ2v) is 8.37. The topological polar surface area (TPSA) is 40.6 Å². The molecular weight excluding hydrogens is 356 g/mol. The van der Waals surface area contributed by atoms with Crippen LogP contribution in [0.1, 0.15) is 42.9 Å². The third-order valence-corrected chi connectivity index (χ3v) is 6.49. The first-order valence-electron chi connectivity index (χ1n) is 9.86. The van der Waals surface area contributed by atoms with E-state index in [1.54, 1.807) is 11.3 Å². The summed E-state index contributed by atoms with van der Waals surface area (Å²) in [5, 5.41) is 4.24. The van der Waals surface area contributed by atoms with Crippen molar-refractivity contribution in [3.8, 4) is 0 Å². The summed E-state index contributed by atoms with van der Waals surface area (Å²) in [7, 11) is 0. The van der Waals surface area contributed by atoms with Gasteiger partial charge in [-0.1, -0.05) is 30.3 Å². The summed E-state index contributed by atoms with van der Waals surface area (Å²) in [5.74, 6) is 0.313. The summed E-state index contributed by atoms with van der Waals surface area (Å²) in [4.78, 5) is 29.9. The molecule has 27 heavy (non-hydrogen) atoms. The van der Waals surface area contributed by atoms with Gasteiger partial charge in [0, 0.05) is 19.6 Å². The van der Waals surface area contributed by atoms with Gasteiger partial charge in [0.05, 0.1) is 18.4 Å². The molecule has 142 valence electrons. The zero-order valence-corrected chi connectivity index (χ0v) is 16.4. The van der Waals surface area contributed by atoms with Crippen LogP contribution < -0.4 is 0 Å². The molecule has 4 nitrogen and oxygen atoms in total. The molecule has 0 bridgehead atoms. The molecule has 2 unspecified atom stereocenters. The van der Waals surface area contributed by atoms with Crippen molar-refractivity contribution in [1.29, 1.82) is 0 Å². The third-order valence-electron chi connectivity index (χ3n) is 5.79. The van der Waals surface area contributed by atoms with E-state index in [0.717, 1.165) is 44.3 Å². The highest BCUT2D eigenvalue weighted by Crippen LogP contribution is 2.35. The van der Waals surface area contributed by atoms with Gasteiger partial charge >= 0.3 is 0 Å². The summed E-state index contributed by atoms with van der Waals surface area (Å²) in [6, 6.07) is 12.2. The van der Waals surface area contributed by atoms with Gasteiger partial charge in [-0.15, -0.1) is 0 Å². The van der Waals surface area contributed by atoms with Gasteiger partial charge in [0.1, 0.15) is 0 Å². The van der Waals surface area contributed by atoms with E-state index >= 15 is 0 Å². The van der Waals surface area contributed by atoms with Crippen LogP contribution in [0.2, 0.25) is 0 Å². The zero-order chi connectivity index (χ0) is 18.6. The van der Waals surface area contributed by atoms with E-state index in [2.05, 4.69) is 21.7 Å². The molecule has 0 aliphatic carbocycles. The van der Waals surface area contributed by atoms with Gasteiger partial charge in [-0.2, -0.15) is 11.3 Å². The van der Waals surface area contributed by atoms with Gasteiger partial charge in [-0.25, -0.2) is 0 Å². The van der Waals surface area contributed by atoms with Crippen LogP contribution in [0.15, 0.2) is 47.2 Å². The second kappa shape index (κ2) is 8.26. The Balaban J connectivity index is 1.40. The van der Waals surface area contributed by atoms with Crippen molar-refractivity contribution in [2.45, 2.75) is 38.1 Å². The molecule has 1 aromatic heterocycles. The predicted octanol–water partition coefficient (Wildman–Crippen LogP) is 3.89. The minimum absolute atomic E-state index is 0.0577. The van der Waals surface area contributed by atoms with Crippen LogP contribution in [0.3, 0.4) is 0 Å². The van der Waals surface area contributed by atoms with Crippen LogP contribution in [0, 0.1) is 5.92 Å². The van der Waals surface area contributed by atoms with Crippen LogP contribution in [0.25, 0.3) is 0 Å². The molecule has 0 N–H and O–H groups in total. The number of thiophene rings is 1. The van der Waals surface area contributed by atoms with E-state index in [-0.39, 0.29) is 23.8 Å². The van der Waals surface area contributed by atoms with Gasteiger partial charge in [0.2, 0.25) is 11.8 Å². The summed E-state index contributed by atoms with van der Waals surface area (Å²) in [6.45, 7) is 2.18. The van der Waals surface area contributed by atoms with Crippen molar-refractivity contribution in [3.63, 3.8) is 0 Å². The number of carbonyl (C=O) groups is 2. The molecule has 2 saturated heterocycles. The zero-order valence-electron chi connectivity index (χ0n) is 15.5.